The van der Waals surface area contributed by atoms with Gasteiger partial charge in [-0.15, -0.1) is 0 Å². The lowest BCUT2D eigenvalue weighted by Crippen LogP contribution is -2.36. The summed E-state index contributed by atoms with van der Waals surface area (Å²) in [6.07, 6.45) is 6.20. The number of fused-ring (bicyclic) bond motifs is 1. The van der Waals surface area contributed by atoms with Crippen LogP contribution < -0.4 is 11.3 Å². The summed E-state index contributed by atoms with van der Waals surface area (Å²) in [4.78, 5) is 28.1. The molecule has 1 saturated carbocycles. The number of nitrogens with one attached hydrogen (secondary N) is 1. The molecule has 3 aromatic heterocycles. The highest BCUT2D eigenvalue weighted by Gasteiger charge is 2.27. The van der Waals surface area contributed by atoms with Crippen LogP contribution in [0.4, 0.5) is 5.82 Å². The maximum atomic E-state index is 13.2. The molecule has 0 radical (unpaired) electrons. The smallest absolute Gasteiger partial charge is 0.272 e. The fraction of sp³-hybridized carbons (Fsp3) is 0.545. The first-order chi connectivity index (χ1) is 14.7. The number of hydrogen-bond donors (Lipinski definition) is 2. The molecule has 3 heterocycles. The van der Waals surface area contributed by atoms with Crippen molar-refractivity contribution in [3.8, 4) is 11.3 Å². The molecular formula is C22H31N7O2. The quantitative estimate of drug-likeness (QED) is 0.652. The van der Waals surface area contributed by atoms with Crippen LogP contribution in [0.3, 0.4) is 0 Å². The molecule has 0 saturated heterocycles. The topological polar surface area (TPSA) is 115 Å². The second-order valence-corrected chi connectivity index (χ2v) is 8.99. The lowest BCUT2D eigenvalue weighted by atomic mass is 10.0. The zero-order valence-electron chi connectivity index (χ0n) is 18.8. The Kier molecular flexibility index (Phi) is 5.36. The molecule has 4 rings (SSSR count). The predicted octanol–water partition coefficient (Wildman–Crippen LogP) is 2.94. The van der Waals surface area contributed by atoms with E-state index in [0.717, 1.165) is 25.7 Å². The highest BCUT2D eigenvalue weighted by molar-refractivity contribution is 5.99. The van der Waals surface area contributed by atoms with Crippen LogP contribution in [0, 0.1) is 5.92 Å². The van der Waals surface area contributed by atoms with Crippen molar-refractivity contribution in [2.75, 3.05) is 12.8 Å². The third kappa shape index (κ3) is 3.51. The molecule has 9 nitrogen and oxygen atoms in total. The lowest BCUT2D eigenvalue weighted by Gasteiger charge is -2.24. The van der Waals surface area contributed by atoms with Crippen LogP contribution in [0.1, 0.15) is 63.0 Å². The van der Waals surface area contributed by atoms with Gasteiger partial charge in [0, 0.05) is 37.9 Å². The SMILES string of the molecule is CC(C)[C@H](C)n1cc(-c2cc(C(=O)N(C)C3CCCC3)n(C)n2)c2[nH]nc(N)c2c1=O. The Hall–Kier alpha value is -3.10. The van der Waals surface area contributed by atoms with Gasteiger partial charge in [-0.2, -0.15) is 10.2 Å². The number of anilines is 1. The van der Waals surface area contributed by atoms with Crippen molar-refractivity contribution >= 4 is 22.6 Å². The molecule has 1 atom stereocenters. The number of rotatable bonds is 5. The fourth-order valence-corrected chi connectivity index (χ4v) is 4.41. The van der Waals surface area contributed by atoms with Crippen molar-refractivity contribution in [1.82, 2.24) is 29.4 Å². The molecule has 0 aromatic carbocycles. The summed E-state index contributed by atoms with van der Waals surface area (Å²) in [5.41, 5.74) is 8.19. The normalized spacial score (nSPS) is 15.8. The van der Waals surface area contributed by atoms with E-state index in [0.29, 0.717) is 27.9 Å². The number of pyridine rings is 1. The molecule has 0 aliphatic heterocycles. The molecule has 1 aliphatic carbocycles. The van der Waals surface area contributed by atoms with E-state index in [9.17, 15) is 9.59 Å². The summed E-state index contributed by atoms with van der Waals surface area (Å²) in [5.74, 6) is 0.370. The van der Waals surface area contributed by atoms with Crippen LogP contribution in [0.2, 0.25) is 0 Å². The average molecular weight is 426 g/mol. The number of hydrogen-bond acceptors (Lipinski definition) is 5. The second kappa shape index (κ2) is 7.86. The molecule has 1 aliphatic rings. The van der Waals surface area contributed by atoms with E-state index >= 15 is 0 Å². The van der Waals surface area contributed by atoms with Crippen LogP contribution in [0.15, 0.2) is 17.1 Å². The number of aromatic nitrogens is 5. The second-order valence-electron chi connectivity index (χ2n) is 8.99. The number of H-pyrrole nitrogens is 1. The van der Waals surface area contributed by atoms with E-state index in [1.54, 1.807) is 28.6 Å². The first-order valence-electron chi connectivity index (χ1n) is 10.9. The molecule has 0 spiro atoms. The molecule has 0 unspecified atom stereocenters. The minimum atomic E-state index is -0.181. The van der Waals surface area contributed by atoms with Crippen molar-refractivity contribution in [1.29, 1.82) is 0 Å². The van der Waals surface area contributed by atoms with Gasteiger partial charge in [-0.1, -0.05) is 26.7 Å². The Morgan fingerprint density at radius 2 is 1.97 bits per heavy atom. The van der Waals surface area contributed by atoms with E-state index in [1.165, 1.54) is 0 Å². The molecular weight excluding hydrogens is 394 g/mol. The first-order valence-corrected chi connectivity index (χ1v) is 10.9. The van der Waals surface area contributed by atoms with Crippen LogP contribution in [-0.2, 0) is 7.05 Å². The number of nitrogens with two attached hydrogens (primary N) is 1. The lowest BCUT2D eigenvalue weighted by molar-refractivity contribution is 0.0724. The molecule has 3 N–H and O–H groups in total. The third-order valence-electron chi connectivity index (χ3n) is 6.75. The summed E-state index contributed by atoms with van der Waals surface area (Å²) in [6.45, 7) is 6.13. The first kappa shape index (κ1) is 21.1. The molecule has 9 heteroatoms. The van der Waals surface area contributed by atoms with E-state index in [4.69, 9.17) is 5.73 Å². The van der Waals surface area contributed by atoms with Gasteiger partial charge in [0.25, 0.3) is 11.5 Å². The molecule has 1 fully saturated rings. The monoisotopic (exact) mass is 425 g/mol. The van der Waals surface area contributed by atoms with Crippen LogP contribution in [0.25, 0.3) is 22.2 Å². The van der Waals surface area contributed by atoms with Crippen molar-refractivity contribution in [3.63, 3.8) is 0 Å². The zero-order valence-corrected chi connectivity index (χ0v) is 18.8. The predicted molar refractivity (Wildman–Crippen MR) is 121 cm³/mol. The van der Waals surface area contributed by atoms with Crippen molar-refractivity contribution in [2.45, 2.75) is 58.5 Å². The van der Waals surface area contributed by atoms with Gasteiger partial charge in [0.2, 0.25) is 0 Å². The summed E-state index contributed by atoms with van der Waals surface area (Å²) in [7, 11) is 3.63. The molecule has 166 valence electrons. The Morgan fingerprint density at radius 1 is 1.29 bits per heavy atom. The maximum Gasteiger partial charge on any atom is 0.272 e. The van der Waals surface area contributed by atoms with Crippen molar-refractivity contribution < 1.29 is 4.79 Å². The highest BCUT2D eigenvalue weighted by Crippen LogP contribution is 2.30. The van der Waals surface area contributed by atoms with Crippen molar-refractivity contribution in [3.05, 3.63) is 28.3 Å². The van der Waals surface area contributed by atoms with E-state index in [1.807, 2.05) is 18.9 Å². The van der Waals surface area contributed by atoms with Gasteiger partial charge in [0.05, 0.1) is 11.2 Å². The summed E-state index contributed by atoms with van der Waals surface area (Å²) in [6, 6.07) is 2.02. The van der Waals surface area contributed by atoms with E-state index in [-0.39, 0.29) is 35.3 Å². The van der Waals surface area contributed by atoms with Gasteiger partial charge in [-0.05, 0) is 31.7 Å². The molecule has 3 aromatic rings. The Labute approximate surface area is 181 Å². The standard InChI is InChI=1S/C22H31N7O2/c1-12(2)13(3)29-11-15(19-18(22(29)31)20(23)25-24-19)16-10-17(28(5)26-16)21(30)27(4)14-8-6-7-9-14/h10-14H,6-9H2,1-5H3,(H3,23,24,25)/t13-/m0/s1. The van der Waals surface area contributed by atoms with Gasteiger partial charge in [-0.3, -0.25) is 19.4 Å². The Balaban J connectivity index is 1.82. The van der Waals surface area contributed by atoms with Gasteiger partial charge in [-0.25, -0.2) is 0 Å². The number of nitrogens with zero attached hydrogens (tertiary/aromatic N) is 5. The number of nitrogen functional groups attached to an aromatic ring is 1. The average Bonchev–Trinajstić information content (AvgIpc) is 3.47. The van der Waals surface area contributed by atoms with Gasteiger partial charge in [0.1, 0.15) is 11.1 Å². The minimum Gasteiger partial charge on any atom is -0.382 e. The van der Waals surface area contributed by atoms with Crippen LogP contribution in [0.5, 0.6) is 0 Å². The molecule has 1 amide bonds. The highest BCUT2D eigenvalue weighted by atomic mass is 16.2. The molecule has 31 heavy (non-hydrogen) atoms. The van der Waals surface area contributed by atoms with Crippen LogP contribution in [-0.4, -0.2) is 48.4 Å². The largest absolute Gasteiger partial charge is 0.382 e. The van der Waals surface area contributed by atoms with Crippen LogP contribution >= 0.6 is 0 Å². The Morgan fingerprint density at radius 3 is 2.61 bits per heavy atom. The summed E-state index contributed by atoms with van der Waals surface area (Å²) < 4.78 is 3.30. The molecule has 0 bridgehead atoms. The van der Waals surface area contributed by atoms with Gasteiger partial charge in [0.15, 0.2) is 5.82 Å². The number of aromatic amines is 1. The Bertz CT molecular complexity index is 1180. The fourth-order valence-electron chi connectivity index (χ4n) is 4.41. The number of amides is 1. The van der Waals surface area contributed by atoms with E-state index < -0.39 is 0 Å². The van der Waals surface area contributed by atoms with Gasteiger partial charge >= 0.3 is 0 Å². The number of carbonyl (C=O) groups is 1. The van der Waals surface area contributed by atoms with E-state index in [2.05, 4.69) is 29.1 Å². The van der Waals surface area contributed by atoms with Gasteiger partial charge < -0.3 is 15.2 Å². The maximum absolute atomic E-state index is 13.2. The summed E-state index contributed by atoms with van der Waals surface area (Å²) in [5, 5.41) is 11.9. The van der Waals surface area contributed by atoms with Crippen molar-refractivity contribution in [2.24, 2.45) is 13.0 Å². The number of carbonyl (C=O) groups excluding carboxylic acids is 1. The zero-order chi connectivity index (χ0) is 22.4. The third-order valence-corrected chi connectivity index (χ3v) is 6.75. The number of aryl methyl sites for hydroxylation is 1. The summed E-state index contributed by atoms with van der Waals surface area (Å²) >= 11 is 0. The minimum absolute atomic E-state index is 0.0386.